The average molecular weight is 400 g/mol. The lowest BCUT2D eigenvalue weighted by Crippen LogP contribution is -2.50. The summed E-state index contributed by atoms with van der Waals surface area (Å²) in [4.78, 5) is 21.8. The first-order valence-corrected chi connectivity index (χ1v) is 11.3. The minimum absolute atomic E-state index is 0.208. The molecule has 1 atom stereocenters. The summed E-state index contributed by atoms with van der Waals surface area (Å²) >= 11 is 0. The zero-order valence-corrected chi connectivity index (χ0v) is 18.1. The van der Waals surface area contributed by atoms with Crippen molar-refractivity contribution in [3.05, 3.63) is 35.9 Å². The molecule has 2 fully saturated rings. The molecule has 0 bridgehead atoms. The maximum atomic E-state index is 12.6. The summed E-state index contributed by atoms with van der Waals surface area (Å²) in [5, 5.41) is 6.83. The van der Waals surface area contributed by atoms with E-state index in [0.717, 1.165) is 64.6 Å². The summed E-state index contributed by atoms with van der Waals surface area (Å²) in [6.45, 7) is 10.4. The van der Waals surface area contributed by atoms with Crippen molar-refractivity contribution in [3.63, 3.8) is 0 Å². The Morgan fingerprint density at radius 2 is 1.83 bits per heavy atom. The van der Waals surface area contributed by atoms with Crippen LogP contribution in [0.5, 0.6) is 0 Å². The largest absolute Gasteiger partial charge is 0.357 e. The summed E-state index contributed by atoms with van der Waals surface area (Å²) in [6, 6.07) is 10.6. The number of hydrogen-bond acceptors (Lipinski definition) is 3. The monoisotopic (exact) mass is 399 g/mol. The van der Waals surface area contributed by atoms with Crippen molar-refractivity contribution in [2.24, 2.45) is 10.9 Å². The fourth-order valence-corrected chi connectivity index (χ4v) is 4.28. The summed E-state index contributed by atoms with van der Waals surface area (Å²) in [6.07, 6.45) is 4.63. The van der Waals surface area contributed by atoms with Gasteiger partial charge in [0.15, 0.2) is 5.96 Å². The quantitative estimate of drug-likeness (QED) is 0.547. The van der Waals surface area contributed by atoms with E-state index in [-0.39, 0.29) is 6.04 Å². The molecule has 1 aromatic rings. The van der Waals surface area contributed by atoms with Gasteiger partial charge in [-0.1, -0.05) is 43.2 Å². The Hall–Kier alpha value is -2.08. The molecule has 1 heterocycles. The molecule has 1 amide bonds. The number of rotatable bonds is 7. The highest BCUT2D eigenvalue weighted by Crippen LogP contribution is 2.26. The van der Waals surface area contributed by atoms with E-state index in [2.05, 4.69) is 58.5 Å². The van der Waals surface area contributed by atoms with Gasteiger partial charge in [-0.2, -0.15) is 0 Å². The van der Waals surface area contributed by atoms with Crippen LogP contribution < -0.4 is 10.6 Å². The van der Waals surface area contributed by atoms with Crippen molar-refractivity contribution in [1.29, 1.82) is 0 Å². The lowest BCUT2D eigenvalue weighted by Gasteiger charge is -2.35. The maximum absolute atomic E-state index is 12.6. The van der Waals surface area contributed by atoms with Gasteiger partial charge in [0, 0.05) is 45.2 Å². The number of amides is 1. The van der Waals surface area contributed by atoms with Crippen LogP contribution in [0.2, 0.25) is 0 Å². The molecule has 6 nitrogen and oxygen atoms in total. The maximum Gasteiger partial charge on any atom is 0.225 e. The first-order chi connectivity index (χ1) is 14.2. The predicted octanol–water partition coefficient (Wildman–Crippen LogP) is 2.64. The fraction of sp³-hybridized carbons (Fsp3) is 0.652. The van der Waals surface area contributed by atoms with Crippen molar-refractivity contribution in [2.75, 3.05) is 45.8 Å². The van der Waals surface area contributed by atoms with Crippen molar-refractivity contribution in [3.8, 4) is 0 Å². The molecule has 1 saturated carbocycles. The topological polar surface area (TPSA) is 60.0 Å². The third-order valence-electron chi connectivity index (χ3n) is 6.07. The molecule has 6 heteroatoms. The number of guanidine groups is 1. The van der Waals surface area contributed by atoms with Gasteiger partial charge in [0.25, 0.3) is 0 Å². The Labute approximate surface area is 175 Å². The molecular weight excluding hydrogens is 362 g/mol. The predicted molar refractivity (Wildman–Crippen MR) is 119 cm³/mol. The van der Waals surface area contributed by atoms with E-state index in [0.29, 0.717) is 11.8 Å². The van der Waals surface area contributed by atoms with E-state index in [1.54, 1.807) is 0 Å². The van der Waals surface area contributed by atoms with Crippen LogP contribution in [0.25, 0.3) is 0 Å². The van der Waals surface area contributed by atoms with Crippen molar-refractivity contribution in [1.82, 2.24) is 20.4 Å². The summed E-state index contributed by atoms with van der Waals surface area (Å²) < 4.78 is 0. The highest BCUT2D eigenvalue weighted by atomic mass is 16.2. The zero-order chi connectivity index (χ0) is 20.5. The molecule has 1 aliphatic carbocycles. The van der Waals surface area contributed by atoms with Crippen LogP contribution in [0.1, 0.15) is 51.1 Å². The molecule has 1 aliphatic heterocycles. The van der Waals surface area contributed by atoms with Gasteiger partial charge in [-0.3, -0.25) is 14.7 Å². The molecule has 1 saturated heterocycles. The molecule has 0 spiro atoms. The van der Waals surface area contributed by atoms with Gasteiger partial charge in [0.05, 0.1) is 12.6 Å². The normalized spacial score (nSPS) is 19.9. The molecule has 1 aromatic carbocycles. The highest BCUT2D eigenvalue weighted by Gasteiger charge is 2.29. The zero-order valence-electron chi connectivity index (χ0n) is 18.1. The van der Waals surface area contributed by atoms with Gasteiger partial charge in [-0.05, 0) is 32.3 Å². The molecule has 2 aliphatic rings. The number of piperazine rings is 1. The molecule has 29 heavy (non-hydrogen) atoms. The number of aliphatic imine (C=N–C) groups is 1. The van der Waals surface area contributed by atoms with Crippen LogP contribution in [-0.4, -0.2) is 67.5 Å². The van der Waals surface area contributed by atoms with Crippen LogP contribution in [-0.2, 0) is 4.79 Å². The summed E-state index contributed by atoms with van der Waals surface area (Å²) in [7, 11) is 0. The van der Waals surface area contributed by atoms with E-state index in [9.17, 15) is 4.79 Å². The minimum atomic E-state index is 0.208. The third-order valence-corrected chi connectivity index (χ3v) is 6.07. The van der Waals surface area contributed by atoms with Crippen molar-refractivity contribution < 1.29 is 4.79 Å². The van der Waals surface area contributed by atoms with Crippen LogP contribution in [0.3, 0.4) is 0 Å². The number of carbonyl (C=O) groups excluding carboxylic acids is 1. The van der Waals surface area contributed by atoms with Crippen LogP contribution >= 0.6 is 0 Å². The number of nitrogens with one attached hydrogen (secondary N) is 2. The van der Waals surface area contributed by atoms with E-state index in [4.69, 9.17) is 4.99 Å². The van der Waals surface area contributed by atoms with Gasteiger partial charge < -0.3 is 15.5 Å². The smallest absolute Gasteiger partial charge is 0.225 e. The van der Waals surface area contributed by atoms with Crippen LogP contribution in [0.4, 0.5) is 0 Å². The molecule has 0 aromatic heterocycles. The van der Waals surface area contributed by atoms with Crippen LogP contribution in [0, 0.1) is 5.92 Å². The van der Waals surface area contributed by atoms with Crippen LogP contribution in [0.15, 0.2) is 35.3 Å². The molecule has 0 radical (unpaired) electrons. The van der Waals surface area contributed by atoms with Gasteiger partial charge in [0.1, 0.15) is 0 Å². The highest BCUT2D eigenvalue weighted by molar-refractivity contribution is 5.80. The lowest BCUT2D eigenvalue weighted by atomic mass is 10.1. The second-order valence-electron chi connectivity index (χ2n) is 8.19. The van der Waals surface area contributed by atoms with Gasteiger partial charge in [-0.25, -0.2) is 0 Å². The first-order valence-electron chi connectivity index (χ1n) is 11.3. The minimum Gasteiger partial charge on any atom is -0.357 e. The second-order valence-corrected chi connectivity index (χ2v) is 8.19. The number of hydrogen-bond donors (Lipinski definition) is 2. The van der Waals surface area contributed by atoms with Crippen molar-refractivity contribution in [2.45, 2.75) is 45.6 Å². The Bertz CT molecular complexity index is 648. The summed E-state index contributed by atoms with van der Waals surface area (Å²) in [5.41, 5.74) is 1.25. The standard InChI is InChI=1S/C23H37N5O/c1-3-24-23(26-19(2)20-9-5-4-6-10-20)25-13-14-27-15-17-28(18-16-27)22(29)21-11-7-8-12-21/h4-6,9-10,19,21H,3,7-8,11-18H2,1-2H3,(H2,24,25,26). The van der Waals surface area contributed by atoms with Gasteiger partial charge >= 0.3 is 0 Å². The second kappa shape index (κ2) is 11.2. The number of nitrogens with zero attached hydrogens (tertiary/aromatic N) is 3. The Balaban J connectivity index is 1.42. The summed E-state index contributed by atoms with van der Waals surface area (Å²) in [5.74, 6) is 1.55. The Morgan fingerprint density at radius 1 is 1.14 bits per heavy atom. The number of benzene rings is 1. The molecule has 160 valence electrons. The first kappa shape index (κ1) is 21.6. The average Bonchev–Trinajstić information content (AvgIpc) is 3.29. The van der Waals surface area contributed by atoms with E-state index < -0.39 is 0 Å². The third kappa shape index (κ3) is 6.46. The molecule has 1 unspecified atom stereocenters. The SMILES string of the molecule is CCNC(=NCCN1CCN(C(=O)C2CCCC2)CC1)NC(C)c1ccccc1. The Kier molecular flexibility index (Phi) is 8.35. The van der Waals surface area contributed by atoms with Crippen molar-refractivity contribution >= 4 is 11.9 Å². The number of carbonyl (C=O) groups is 1. The van der Waals surface area contributed by atoms with E-state index in [1.807, 2.05) is 6.07 Å². The Morgan fingerprint density at radius 3 is 2.48 bits per heavy atom. The lowest BCUT2D eigenvalue weighted by molar-refractivity contribution is -0.137. The molecular formula is C23H37N5O. The van der Waals surface area contributed by atoms with E-state index in [1.165, 1.54) is 18.4 Å². The fourth-order valence-electron chi connectivity index (χ4n) is 4.28. The molecule has 3 rings (SSSR count). The van der Waals surface area contributed by atoms with Gasteiger partial charge in [0.2, 0.25) is 5.91 Å². The van der Waals surface area contributed by atoms with E-state index >= 15 is 0 Å². The van der Waals surface area contributed by atoms with Gasteiger partial charge in [-0.15, -0.1) is 0 Å². The molecule has 2 N–H and O–H groups in total.